The van der Waals surface area contributed by atoms with Crippen molar-refractivity contribution in [3.63, 3.8) is 0 Å². The van der Waals surface area contributed by atoms with Gasteiger partial charge in [-0.15, -0.1) is 0 Å². The number of aromatic nitrogens is 1. The number of pyridine rings is 1. The summed E-state index contributed by atoms with van der Waals surface area (Å²) >= 11 is 0. The zero-order valence-corrected chi connectivity index (χ0v) is 16.5. The maximum absolute atomic E-state index is 12.1. The Kier molecular flexibility index (Phi) is 6.59. The van der Waals surface area contributed by atoms with Crippen LogP contribution < -0.4 is 69.3 Å². The summed E-state index contributed by atoms with van der Waals surface area (Å²) in [5.74, 6) is -3.22. The van der Waals surface area contributed by atoms with Crippen LogP contribution in [0.4, 0.5) is 0 Å². The van der Waals surface area contributed by atoms with Crippen LogP contribution in [0.5, 0.6) is 5.75 Å². The van der Waals surface area contributed by atoms with Crippen LogP contribution >= 0.6 is 0 Å². The summed E-state index contributed by atoms with van der Waals surface area (Å²) in [6.45, 7) is 0. The molecule has 0 saturated carbocycles. The Morgan fingerprint density at radius 2 is 1.70 bits per heavy atom. The second-order valence-corrected chi connectivity index (χ2v) is 4.50. The number of fused-ring (bicyclic) bond motifs is 2. The van der Waals surface area contributed by atoms with Gasteiger partial charge in [0.15, 0.2) is 0 Å². The predicted octanol–water partition coefficient (Wildman–Crippen LogP) is -5.47. The van der Waals surface area contributed by atoms with Gasteiger partial charge in [-0.2, -0.15) is 0 Å². The van der Waals surface area contributed by atoms with Crippen molar-refractivity contribution in [1.82, 2.24) is 4.98 Å². The van der Waals surface area contributed by atoms with Gasteiger partial charge in [0.25, 0.3) is 0 Å². The molecule has 2 aromatic carbocycles. The molecule has 1 heterocycles. The van der Waals surface area contributed by atoms with E-state index in [-0.39, 0.29) is 75.6 Å². The molecule has 0 amide bonds. The van der Waals surface area contributed by atoms with Gasteiger partial charge in [-0.3, -0.25) is 0 Å². The third kappa shape index (κ3) is 3.68. The molecule has 6 nitrogen and oxygen atoms in total. The Bertz CT molecular complexity index is 927. The molecule has 104 valence electrons. The summed E-state index contributed by atoms with van der Waals surface area (Å²) in [4.78, 5) is 26.0. The molecule has 0 aliphatic heterocycles. The van der Waals surface area contributed by atoms with E-state index < -0.39 is 17.7 Å². The van der Waals surface area contributed by atoms with E-state index in [1.165, 1.54) is 36.4 Å². The molecule has 0 fully saturated rings. The number of hydrogen-bond donors (Lipinski definition) is 1. The minimum atomic E-state index is -1.32. The number of carboxylic acids is 2. The van der Waals surface area contributed by atoms with Crippen LogP contribution in [0, 0.1) is 0 Å². The van der Waals surface area contributed by atoms with E-state index >= 15 is 0 Å². The molecule has 8 heteroatoms. The first-order valence-corrected chi connectivity index (χ1v) is 5.96. The summed E-state index contributed by atoms with van der Waals surface area (Å²) in [7, 11) is 0. The SMILES string of the molecule is O=C([O-])c1ccc2cc3c([O-])c(C(=O)O)ccc3nc2c1.[Na+].[Na+]. The second-order valence-electron chi connectivity index (χ2n) is 4.50. The van der Waals surface area contributed by atoms with Crippen molar-refractivity contribution in [1.29, 1.82) is 0 Å². The normalized spacial score (nSPS) is 9.91. The third-order valence-electron chi connectivity index (χ3n) is 3.21. The molecule has 3 aromatic rings. The molecule has 0 unspecified atom stereocenters. The van der Waals surface area contributed by atoms with Crippen LogP contribution in [0.2, 0.25) is 0 Å². The van der Waals surface area contributed by atoms with Gasteiger partial charge in [0, 0.05) is 5.39 Å². The van der Waals surface area contributed by atoms with Crippen LogP contribution in [0.15, 0.2) is 36.4 Å². The minimum Gasteiger partial charge on any atom is -0.871 e. The summed E-state index contributed by atoms with van der Waals surface area (Å²) in [5.41, 5.74) is 0.369. The average molecular weight is 327 g/mol. The van der Waals surface area contributed by atoms with Crippen molar-refractivity contribution >= 4 is 33.7 Å². The van der Waals surface area contributed by atoms with Crippen molar-refractivity contribution in [2.75, 3.05) is 0 Å². The number of hydrogen-bond acceptors (Lipinski definition) is 5. The fourth-order valence-corrected chi connectivity index (χ4v) is 2.17. The Hall–Kier alpha value is -1.15. The monoisotopic (exact) mass is 327 g/mol. The Labute approximate surface area is 174 Å². The largest absolute Gasteiger partial charge is 1.00 e. The topological polar surface area (TPSA) is 113 Å². The third-order valence-corrected chi connectivity index (χ3v) is 3.21. The van der Waals surface area contributed by atoms with Gasteiger partial charge in [-0.25, -0.2) is 9.78 Å². The van der Waals surface area contributed by atoms with Crippen molar-refractivity contribution in [2.45, 2.75) is 0 Å². The molecule has 0 aliphatic rings. The minimum absolute atomic E-state index is 0. The molecule has 1 aromatic heterocycles. The van der Waals surface area contributed by atoms with Gasteiger partial charge in [-0.1, -0.05) is 17.9 Å². The van der Waals surface area contributed by atoms with Crippen molar-refractivity contribution < 1.29 is 84.0 Å². The van der Waals surface area contributed by atoms with Gasteiger partial charge in [0.05, 0.1) is 22.6 Å². The fourth-order valence-electron chi connectivity index (χ4n) is 2.17. The van der Waals surface area contributed by atoms with E-state index in [0.717, 1.165) is 0 Å². The first kappa shape index (κ1) is 19.9. The van der Waals surface area contributed by atoms with Gasteiger partial charge < -0.3 is 20.1 Å². The Morgan fingerprint density at radius 1 is 1.00 bits per heavy atom. The first-order valence-electron chi connectivity index (χ1n) is 5.96. The zero-order chi connectivity index (χ0) is 15.1. The summed E-state index contributed by atoms with van der Waals surface area (Å²) < 4.78 is 0. The summed E-state index contributed by atoms with van der Waals surface area (Å²) in [6.07, 6.45) is 0. The summed E-state index contributed by atoms with van der Waals surface area (Å²) in [5, 5.41) is 32.6. The van der Waals surface area contributed by atoms with E-state index in [4.69, 9.17) is 5.11 Å². The molecule has 0 bridgehead atoms. The van der Waals surface area contributed by atoms with Crippen molar-refractivity contribution in [2.24, 2.45) is 0 Å². The number of carboxylic acid groups (broad SMARTS) is 2. The molecule has 23 heavy (non-hydrogen) atoms. The first-order chi connectivity index (χ1) is 9.97. The van der Waals surface area contributed by atoms with Gasteiger partial charge in [0.1, 0.15) is 0 Å². The molecular formula is C15H7NNa2O5. The molecular weight excluding hydrogens is 320 g/mol. The standard InChI is InChI=1S/C15H9NO5.2Na/c17-13-9(15(20)21)3-4-11-10(13)5-7-1-2-8(14(18)19)6-12(7)16-11;;/h1-6,17H,(H,18,19)(H,20,21);;/q;2*+1/p-2. The van der Waals surface area contributed by atoms with Crippen molar-refractivity contribution in [3.05, 3.63) is 47.5 Å². The molecule has 3 rings (SSSR count). The van der Waals surface area contributed by atoms with Gasteiger partial charge >= 0.3 is 65.1 Å². The quantitative estimate of drug-likeness (QED) is 0.371. The van der Waals surface area contributed by atoms with E-state index in [9.17, 15) is 19.8 Å². The number of benzene rings is 2. The zero-order valence-electron chi connectivity index (χ0n) is 12.5. The number of carbonyl (C=O) groups is 2. The second kappa shape index (κ2) is 7.61. The van der Waals surface area contributed by atoms with Crippen LogP contribution in [-0.4, -0.2) is 22.0 Å². The Morgan fingerprint density at radius 3 is 2.30 bits per heavy atom. The van der Waals surface area contributed by atoms with Gasteiger partial charge in [0.2, 0.25) is 0 Å². The Balaban J connectivity index is 0.00000132. The molecule has 0 spiro atoms. The number of carbonyl (C=O) groups excluding carboxylic acids is 1. The molecule has 0 saturated heterocycles. The van der Waals surface area contributed by atoms with Crippen LogP contribution in [0.25, 0.3) is 21.8 Å². The van der Waals surface area contributed by atoms with E-state index in [0.29, 0.717) is 16.4 Å². The van der Waals surface area contributed by atoms with E-state index in [2.05, 4.69) is 4.98 Å². The van der Waals surface area contributed by atoms with E-state index in [1.807, 2.05) is 0 Å². The fraction of sp³-hybridized carbons (Fsp3) is 0. The summed E-state index contributed by atoms with van der Waals surface area (Å²) in [6, 6.07) is 8.31. The number of rotatable bonds is 2. The van der Waals surface area contributed by atoms with Crippen LogP contribution in [-0.2, 0) is 0 Å². The maximum atomic E-state index is 12.1. The number of aromatic carboxylic acids is 2. The van der Waals surface area contributed by atoms with Crippen LogP contribution in [0.3, 0.4) is 0 Å². The predicted molar refractivity (Wildman–Crippen MR) is 70.0 cm³/mol. The molecule has 0 aliphatic carbocycles. The molecule has 1 N–H and O–H groups in total. The molecule has 0 radical (unpaired) electrons. The van der Waals surface area contributed by atoms with Crippen molar-refractivity contribution in [3.8, 4) is 5.75 Å². The smallest absolute Gasteiger partial charge is 0.871 e. The molecule has 0 atom stereocenters. The van der Waals surface area contributed by atoms with E-state index in [1.54, 1.807) is 0 Å². The maximum Gasteiger partial charge on any atom is 1.00 e. The number of nitrogens with zero attached hydrogens (tertiary/aromatic N) is 1. The van der Waals surface area contributed by atoms with Gasteiger partial charge in [-0.05, 0) is 35.2 Å². The average Bonchev–Trinajstić information content (AvgIpc) is 2.45. The van der Waals surface area contributed by atoms with Crippen LogP contribution in [0.1, 0.15) is 20.7 Å².